The van der Waals surface area contributed by atoms with Crippen molar-refractivity contribution in [3.05, 3.63) is 29.8 Å². The fourth-order valence-corrected chi connectivity index (χ4v) is 4.60. The summed E-state index contributed by atoms with van der Waals surface area (Å²) in [5.41, 5.74) is 1.06. The van der Waals surface area contributed by atoms with Crippen LogP contribution in [0.15, 0.2) is 29.2 Å². The summed E-state index contributed by atoms with van der Waals surface area (Å²) < 4.78 is 32.3. The molecule has 1 fully saturated rings. The maximum Gasteiger partial charge on any atom is 0.243 e. The van der Waals surface area contributed by atoms with Crippen molar-refractivity contribution in [1.29, 1.82) is 0 Å². The number of rotatable bonds is 6. The summed E-state index contributed by atoms with van der Waals surface area (Å²) in [6.07, 6.45) is 1.38. The normalized spacial score (nSPS) is 19.3. The van der Waals surface area contributed by atoms with Gasteiger partial charge in [0.1, 0.15) is 0 Å². The highest BCUT2D eigenvalue weighted by Crippen LogP contribution is 2.27. The summed E-state index contributed by atoms with van der Waals surface area (Å²) in [7, 11) is -2.01. The van der Waals surface area contributed by atoms with Gasteiger partial charge in [0.25, 0.3) is 0 Å². The summed E-state index contributed by atoms with van der Waals surface area (Å²) >= 11 is 0. The molecule has 1 aromatic rings. The lowest BCUT2D eigenvalue weighted by atomic mass is 9.87. The van der Waals surface area contributed by atoms with Gasteiger partial charge < -0.3 is 10.1 Å². The smallest absolute Gasteiger partial charge is 0.243 e. The summed E-state index contributed by atoms with van der Waals surface area (Å²) in [4.78, 5) is 12.5. The number of benzene rings is 1. The highest BCUT2D eigenvalue weighted by atomic mass is 32.2. The Kier molecular flexibility index (Phi) is 6.82. The zero-order valence-corrected chi connectivity index (χ0v) is 16.9. The Balaban J connectivity index is 2.09. The Morgan fingerprint density at radius 1 is 1.27 bits per heavy atom. The topological polar surface area (TPSA) is 75.7 Å². The molecule has 0 aliphatic carbocycles. The number of nitrogens with one attached hydrogen (secondary N) is 1. The first-order valence-corrected chi connectivity index (χ1v) is 10.5. The van der Waals surface area contributed by atoms with Gasteiger partial charge in [0.2, 0.25) is 15.9 Å². The Labute approximate surface area is 157 Å². The van der Waals surface area contributed by atoms with E-state index in [1.165, 1.54) is 4.31 Å². The van der Waals surface area contributed by atoms with E-state index >= 15 is 0 Å². The molecule has 0 aromatic heterocycles. The number of carbonyl (C=O) groups excluding carboxylic acids is 1. The number of amides is 1. The van der Waals surface area contributed by atoms with Crippen molar-refractivity contribution >= 4 is 15.9 Å². The van der Waals surface area contributed by atoms with Crippen LogP contribution in [0.1, 0.15) is 39.2 Å². The van der Waals surface area contributed by atoms with Gasteiger partial charge in [-0.3, -0.25) is 4.79 Å². The maximum atomic E-state index is 13.0. The minimum atomic E-state index is -3.59. The van der Waals surface area contributed by atoms with Crippen molar-refractivity contribution in [1.82, 2.24) is 9.62 Å². The Morgan fingerprint density at radius 2 is 1.92 bits per heavy atom. The summed E-state index contributed by atoms with van der Waals surface area (Å²) in [6.45, 7) is 7.83. The molecule has 0 bridgehead atoms. The summed E-state index contributed by atoms with van der Waals surface area (Å²) in [5, 5.41) is 2.80. The zero-order valence-electron chi connectivity index (χ0n) is 16.1. The lowest BCUT2D eigenvalue weighted by Gasteiger charge is -2.31. The van der Waals surface area contributed by atoms with E-state index in [0.717, 1.165) is 5.56 Å². The molecule has 2 rings (SSSR count). The van der Waals surface area contributed by atoms with Gasteiger partial charge in [-0.25, -0.2) is 8.42 Å². The lowest BCUT2D eigenvalue weighted by molar-refractivity contribution is -0.126. The highest BCUT2D eigenvalue weighted by Gasteiger charge is 2.33. The first-order valence-electron chi connectivity index (χ1n) is 9.03. The highest BCUT2D eigenvalue weighted by molar-refractivity contribution is 7.89. The summed E-state index contributed by atoms with van der Waals surface area (Å²) in [5.74, 6) is -0.422. The van der Waals surface area contributed by atoms with Crippen molar-refractivity contribution in [2.24, 2.45) is 5.92 Å². The third-order valence-electron chi connectivity index (χ3n) is 4.72. The quantitative estimate of drug-likeness (QED) is 0.765. The van der Waals surface area contributed by atoms with Gasteiger partial charge in [-0.1, -0.05) is 32.9 Å². The second-order valence-corrected chi connectivity index (χ2v) is 9.70. The predicted octanol–water partition coefficient (Wildman–Crippen LogP) is 2.15. The van der Waals surface area contributed by atoms with Crippen LogP contribution in [-0.4, -0.2) is 52.0 Å². The average Bonchev–Trinajstić information content (AvgIpc) is 2.61. The molecule has 146 valence electrons. The van der Waals surface area contributed by atoms with E-state index < -0.39 is 10.0 Å². The number of nitrogens with zero attached hydrogens (tertiary/aromatic N) is 1. The fourth-order valence-electron chi connectivity index (χ4n) is 3.07. The maximum absolute atomic E-state index is 13.0. The monoisotopic (exact) mass is 382 g/mol. The first-order chi connectivity index (χ1) is 12.2. The van der Waals surface area contributed by atoms with Crippen LogP contribution in [0.5, 0.6) is 0 Å². The van der Waals surface area contributed by atoms with Crippen molar-refractivity contribution < 1.29 is 17.9 Å². The largest absolute Gasteiger partial charge is 0.383 e. The van der Waals surface area contributed by atoms with Crippen LogP contribution in [0.2, 0.25) is 0 Å². The molecule has 1 aromatic carbocycles. The van der Waals surface area contributed by atoms with E-state index in [4.69, 9.17) is 4.74 Å². The third-order valence-corrected chi connectivity index (χ3v) is 6.60. The molecule has 1 aliphatic rings. The molecule has 1 saturated heterocycles. The van der Waals surface area contributed by atoms with Crippen LogP contribution >= 0.6 is 0 Å². The minimum Gasteiger partial charge on any atom is -0.383 e. The number of piperidine rings is 1. The van der Waals surface area contributed by atoms with Crippen LogP contribution in [0.3, 0.4) is 0 Å². The van der Waals surface area contributed by atoms with Gasteiger partial charge >= 0.3 is 0 Å². The standard InChI is InChI=1S/C19H30N2O4S/c1-19(2,3)16-7-9-17(10-8-16)26(23,24)21-12-5-6-15(14-21)18(22)20-11-13-25-4/h7-10,15H,5-6,11-14H2,1-4H3,(H,20,22). The molecule has 1 unspecified atom stereocenters. The minimum absolute atomic E-state index is 0.0290. The Hall–Kier alpha value is -1.44. The van der Waals surface area contributed by atoms with Crippen molar-refractivity contribution in [2.75, 3.05) is 33.4 Å². The number of sulfonamides is 1. The Morgan fingerprint density at radius 3 is 2.50 bits per heavy atom. The number of hydrogen-bond acceptors (Lipinski definition) is 4. The van der Waals surface area contributed by atoms with Gasteiger partial charge in [0, 0.05) is 26.7 Å². The van der Waals surface area contributed by atoms with Crippen LogP contribution < -0.4 is 5.32 Å². The molecule has 0 spiro atoms. The Bertz CT molecular complexity index is 708. The van der Waals surface area contributed by atoms with Crippen molar-refractivity contribution in [3.8, 4) is 0 Å². The van der Waals surface area contributed by atoms with E-state index in [0.29, 0.717) is 32.5 Å². The molecular formula is C19H30N2O4S. The first kappa shape index (κ1) is 20.9. The second kappa shape index (κ2) is 8.50. The number of ether oxygens (including phenoxy) is 1. The fraction of sp³-hybridized carbons (Fsp3) is 0.632. The molecule has 6 nitrogen and oxygen atoms in total. The molecule has 7 heteroatoms. The predicted molar refractivity (Wildman–Crippen MR) is 102 cm³/mol. The molecule has 26 heavy (non-hydrogen) atoms. The number of hydrogen-bond donors (Lipinski definition) is 1. The van der Waals surface area contributed by atoms with Gasteiger partial charge in [0.05, 0.1) is 17.4 Å². The van der Waals surface area contributed by atoms with Gasteiger partial charge in [0.15, 0.2) is 0 Å². The van der Waals surface area contributed by atoms with E-state index in [2.05, 4.69) is 26.1 Å². The van der Waals surface area contributed by atoms with Crippen LogP contribution in [0, 0.1) is 5.92 Å². The third kappa shape index (κ3) is 5.05. The van der Waals surface area contributed by atoms with Crippen LogP contribution in [0.25, 0.3) is 0 Å². The summed E-state index contributed by atoms with van der Waals surface area (Å²) in [6, 6.07) is 7.06. The van der Waals surface area contributed by atoms with Gasteiger partial charge in [-0.2, -0.15) is 4.31 Å². The van der Waals surface area contributed by atoms with Crippen LogP contribution in [0.4, 0.5) is 0 Å². The van der Waals surface area contributed by atoms with E-state index in [1.54, 1.807) is 19.2 Å². The molecule has 1 atom stereocenters. The van der Waals surface area contributed by atoms with Gasteiger partial charge in [-0.05, 0) is 36.0 Å². The molecule has 1 aliphatic heterocycles. The number of methoxy groups -OCH3 is 1. The van der Waals surface area contributed by atoms with E-state index in [1.807, 2.05) is 12.1 Å². The van der Waals surface area contributed by atoms with Crippen molar-refractivity contribution in [2.45, 2.75) is 43.9 Å². The molecule has 1 heterocycles. The van der Waals surface area contributed by atoms with E-state index in [-0.39, 0.29) is 28.7 Å². The SMILES string of the molecule is COCCNC(=O)C1CCCN(S(=O)(=O)c2ccc(C(C)(C)C)cc2)C1. The average molecular weight is 383 g/mol. The molecule has 1 amide bonds. The molecular weight excluding hydrogens is 352 g/mol. The van der Waals surface area contributed by atoms with E-state index in [9.17, 15) is 13.2 Å². The second-order valence-electron chi connectivity index (χ2n) is 7.76. The van der Waals surface area contributed by atoms with Crippen LogP contribution in [-0.2, 0) is 25.0 Å². The molecule has 0 saturated carbocycles. The number of carbonyl (C=O) groups is 1. The zero-order chi connectivity index (χ0) is 19.4. The van der Waals surface area contributed by atoms with Gasteiger partial charge in [-0.15, -0.1) is 0 Å². The lowest BCUT2D eigenvalue weighted by Crippen LogP contribution is -2.45. The van der Waals surface area contributed by atoms with Crippen molar-refractivity contribution in [3.63, 3.8) is 0 Å². The molecule has 1 N–H and O–H groups in total. The molecule has 0 radical (unpaired) electrons.